The Morgan fingerprint density at radius 1 is 1.64 bits per heavy atom. The molecule has 1 saturated heterocycles. The first-order valence-corrected chi connectivity index (χ1v) is 5.48. The van der Waals surface area contributed by atoms with Gasteiger partial charge in [-0.25, -0.2) is 4.98 Å². The van der Waals surface area contributed by atoms with Gasteiger partial charge in [0, 0.05) is 22.8 Å². The lowest BCUT2D eigenvalue weighted by molar-refractivity contribution is 0.0934. The summed E-state index contributed by atoms with van der Waals surface area (Å²) < 4.78 is 0. The molecule has 0 saturated carbocycles. The van der Waals surface area contributed by atoms with E-state index in [2.05, 4.69) is 4.98 Å². The fourth-order valence-electron chi connectivity index (χ4n) is 0.930. The van der Waals surface area contributed by atoms with E-state index in [1.807, 2.05) is 17.1 Å². The summed E-state index contributed by atoms with van der Waals surface area (Å²) in [6, 6.07) is 0. The smallest absolute Gasteiger partial charge is 0.186 e. The van der Waals surface area contributed by atoms with Crippen molar-refractivity contribution < 1.29 is 4.79 Å². The molecule has 0 bridgehead atoms. The van der Waals surface area contributed by atoms with Crippen molar-refractivity contribution in [1.82, 2.24) is 4.98 Å². The second-order valence-corrected chi connectivity index (χ2v) is 4.27. The van der Waals surface area contributed by atoms with Gasteiger partial charge in [-0.1, -0.05) is 0 Å². The van der Waals surface area contributed by atoms with E-state index < -0.39 is 0 Å². The average Bonchev–Trinajstić information content (AvgIpc) is 2.32. The third-order valence-corrected chi connectivity index (χ3v) is 3.56. The summed E-state index contributed by atoms with van der Waals surface area (Å²) >= 11 is 3.31. The molecule has 0 aromatic carbocycles. The lowest BCUT2D eigenvalue weighted by Crippen LogP contribution is -2.27. The number of carbonyl (C=O) groups excluding carboxylic acids is 1. The first-order chi connectivity index (χ1) is 5.38. The Morgan fingerprint density at radius 2 is 2.45 bits per heavy atom. The Hall–Kier alpha value is -0.350. The molecule has 1 aliphatic rings. The van der Waals surface area contributed by atoms with E-state index in [0.29, 0.717) is 5.69 Å². The highest BCUT2D eigenvalue weighted by Crippen LogP contribution is 2.27. The number of carbonyl (C=O) groups is 1. The van der Waals surface area contributed by atoms with Crippen LogP contribution >= 0.6 is 23.1 Å². The minimum absolute atomic E-state index is 0.227. The van der Waals surface area contributed by atoms with Crippen molar-refractivity contribution in [3.8, 4) is 0 Å². The molecule has 0 radical (unpaired) electrons. The number of Topliss-reactive ketones (excluding diaryl/α,β-unsaturated/α-hetero) is 1. The van der Waals surface area contributed by atoms with E-state index >= 15 is 0 Å². The molecule has 0 unspecified atom stereocenters. The van der Waals surface area contributed by atoms with Gasteiger partial charge in [-0.2, -0.15) is 11.8 Å². The summed E-state index contributed by atoms with van der Waals surface area (Å²) in [5.41, 5.74) is 2.36. The molecule has 1 aromatic heterocycles. The first kappa shape index (κ1) is 7.31. The standard InChI is InChI=1S/C7H7NOS2/c9-7(5-1-10-2-5)6-3-11-4-8-6/h3-5H,1-2H2. The SMILES string of the molecule is O=C(c1cscn1)C1CSC1. The maximum absolute atomic E-state index is 11.4. The van der Waals surface area contributed by atoms with Gasteiger partial charge in [0.2, 0.25) is 0 Å². The molecule has 2 rings (SSSR count). The van der Waals surface area contributed by atoms with E-state index in [9.17, 15) is 4.79 Å². The highest BCUT2D eigenvalue weighted by Gasteiger charge is 2.27. The molecule has 1 aromatic rings. The van der Waals surface area contributed by atoms with Crippen LogP contribution in [0.4, 0.5) is 0 Å². The largest absolute Gasteiger partial charge is 0.292 e. The molecule has 58 valence electrons. The molecule has 0 spiro atoms. The third-order valence-electron chi connectivity index (χ3n) is 1.69. The lowest BCUT2D eigenvalue weighted by atomic mass is 10.1. The van der Waals surface area contributed by atoms with Gasteiger partial charge in [-0.05, 0) is 0 Å². The van der Waals surface area contributed by atoms with Gasteiger partial charge in [-0.3, -0.25) is 4.79 Å². The van der Waals surface area contributed by atoms with Crippen molar-refractivity contribution in [2.45, 2.75) is 0 Å². The Labute approximate surface area is 73.0 Å². The van der Waals surface area contributed by atoms with Crippen molar-refractivity contribution in [2.24, 2.45) is 5.92 Å². The van der Waals surface area contributed by atoms with Crippen LogP contribution in [0.2, 0.25) is 0 Å². The summed E-state index contributed by atoms with van der Waals surface area (Å²) in [5, 5.41) is 1.82. The maximum Gasteiger partial charge on any atom is 0.186 e. The van der Waals surface area contributed by atoms with Crippen LogP contribution in [0.15, 0.2) is 10.9 Å². The number of nitrogens with zero attached hydrogens (tertiary/aromatic N) is 1. The average molecular weight is 185 g/mol. The van der Waals surface area contributed by atoms with Crippen molar-refractivity contribution >= 4 is 28.9 Å². The van der Waals surface area contributed by atoms with E-state index in [1.54, 1.807) is 5.51 Å². The molecule has 0 N–H and O–H groups in total. The number of thioether (sulfide) groups is 1. The number of thiazole rings is 1. The zero-order chi connectivity index (χ0) is 7.68. The van der Waals surface area contributed by atoms with Gasteiger partial charge in [0.25, 0.3) is 0 Å². The molecule has 1 fully saturated rings. The molecular formula is C7H7NOS2. The highest BCUT2D eigenvalue weighted by molar-refractivity contribution is 8.00. The van der Waals surface area contributed by atoms with Crippen LogP contribution < -0.4 is 0 Å². The van der Waals surface area contributed by atoms with Gasteiger partial charge < -0.3 is 0 Å². The molecule has 0 amide bonds. The van der Waals surface area contributed by atoms with Crippen molar-refractivity contribution in [1.29, 1.82) is 0 Å². The van der Waals surface area contributed by atoms with E-state index in [0.717, 1.165) is 11.5 Å². The van der Waals surface area contributed by atoms with Gasteiger partial charge >= 0.3 is 0 Å². The minimum Gasteiger partial charge on any atom is -0.292 e. The molecule has 0 aliphatic carbocycles. The number of hydrogen-bond donors (Lipinski definition) is 0. The second kappa shape index (κ2) is 2.95. The lowest BCUT2D eigenvalue weighted by Gasteiger charge is -2.21. The Bertz CT molecular complexity index is 253. The van der Waals surface area contributed by atoms with Crippen molar-refractivity contribution in [3.63, 3.8) is 0 Å². The van der Waals surface area contributed by atoms with E-state index in [-0.39, 0.29) is 11.7 Å². The van der Waals surface area contributed by atoms with Crippen LogP contribution in [-0.2, 0) is 0 Å². The molecule has 11 heavy (non-hydrogen) atoms. The van der Waals surface area contributed by atoms with Crippen LogP contribution in [0.3, 0.4) is 0 Å². The molecule has 2 nitrogen and oxygen atoms in total. The van der Waals surface area contributed by atoms with Crippen molar-refractivity contribution in [2.75, 3.05) is 11.5 Å². The number of aromatic nitrogens is 1. The first-order valence-electron chi connectivity index (χ1n) is 3.38. The minimum atomic E-state index is 0.227. The van der Waals surface area contributed by atoms with Crippen LogP contribution in [0.1, 0.15) is 10.5 Å². The van der Waals surface area contributed by atoms with Crippen LogP contribution in [0, 0.1) is 5.92 Å². The Kier molecular flexibility index (Phi) is 1.96. The predicted octanol–water partition coefficient (Wildman–Crippen LogP) is 1.69. The summed E-state index contributed by atoms with van der Waals surface area (Å²) in [7, 11) is 0. The van der Waals surface area contributed by atoms with Crippen LogP contribution in [0.25, 0.3) is 0 Å². The van der Waals surface area contributed by atoms with Gasteiger partial charge in [0.15, 0.2) is 5.78 Å². The normalized spacial score (nSPS) is 17.8. The fraction of sp³-hybridized carbons (Fsp3) is 0.429. The quantitative estimate of drug-likeness (QED) is 0.657. The summed E-state index contributed by atoms with van der Waals surface area (Å²) in [6.07, 6.45) is 0. The third kappa shape index (κ3) is 1.32. The van der Waals surface area contributed by atoms with E-state index in [1.165, 1.54) is 11.3 Å². The topological polar surface area (TPSA) is 30.0 Å². The van der Waals surface area contributed by atoms with Gasteiger partial charge in [0.05, 0.1) is 5.51 Å². The molecule has 2 heterocycles. The Balaban J connectivity index is 2.10. The molecule has 4 heteroatoms. The van der Waals surface area contributed by atoms with Gasteiger partial charge in [-0.15, -0.1) is 11.3 Å². The van der Waals surface area contributed by atoms with Crippen LogP contribution in [-0.4, -0.2) is 22.3 Å². The fourth-order valence-corrected chi connectivity index (χ4v) is 2.25. The van der Waals surface area contributed by atoms with Crippen LogP contribution in [0.5, 0.6) is 0 Å². The second-order valence-electron chi connectivity index (χ2n) is 2.47. The van der Waals surface area contributed by atoms with Crippen molar-refractivity contribution in [3.05, 3.63) is 16.6 Å². The molecule has 0 atom stereocenters. The number of ketones is 1. The summed E-state index contributed by atoms with van der Waals surface area (Å²) in [6.45, 7) is 0. The number of hydrogen-bond acceptors (Lipinski definition) is 4. The highest BCUT2D eigenvalue weighted by atomic mass is 32.2. The maximum atomic E-state index is 11.4. The monoisotopic (exact) mass is 185 g/mol. The zero-order valence-electron chi connectivity index (χ0n) is 5.82. The number of rotatable bonds is 2. The summed E-state index contributed by atoms with van der Waals surface area (Å²) in [4.78, 5) is 15.4. The molecular weight excluding hydrogens is 178 g/mol. The van der Waals surface area contributed by atoms with E-state index in [4.69, 9.17) is 0 Å². The predicted molar refractivity (Wildman–Crippen MR) is 47.3 cm³/mol. The zero-order valence-corrected chi connectivity index (χ0v) is 7.45. The summed E-state index contributed by atoms with van der Waals surface area (Å²) in [5.74, 6) is 2.44. The van der Waals surface area contributed by atoms with Gasteiger partial charge in [0.1, 0.15) is 5.69 Å². The Morgan fingerprint density at radius 3 is 2.91 bits per heavy atom. The molecule has 1 aliphatic heterocycles.